The average molecular weight is 1480 g/mol. The van der Waals surface area contributed by atoms with E-state index in [1.54, 1.807) is 0 Å². The smallest absolute Gasteiger partial charge is 0.462 e. The maximum absolute atomic E-state index is 13.1. The summed E-state index contributed by atoms with van der Waals surface area (Å²) in [7, 11) is -9.92. The fourth-order valence-corrected chi connectivity index (χ4v) is 14.3. The molecule has 0 fully saturated rings. The number of unbranched alkanes of at least 4 members (excludes halogenated alkanes) is 54. The van der Waals surface area contributed by atoms with Crippen molar-refractivity contribution < 1.29 is 80.2 Å². The van der Waals surface area contributed by atoms with Gasteiger partial charge in [-0.15, -0.1) is 0 Å². The van der Waals surface area contributed by atoms with Crippen LogP contribution in [0, 0.1) is 5.92 Å². The van der Waals surface area contributed by atoms with Gasteiger partial charge in [0.15, 0.2) is 12.2 Å². The molecule has 19 heteroatoms. The zero-order valence-corrected chi connectivity index (χ0v) is 67.8. The van der Waals surface area contributed by atoms with Gasteiger partial charge in [0.25, 0.3) is 0 Å². The SMILES string of the molecule is CCCCCCCCCCCCCCCCCCCCCCCC(=O)O[C@H](COC(=O)CCCCCCCCCCCCCCCCCC)COP(=O)(O)OC[C@@H](O)COP(=O)(O)OC[C@@H](COC(=O)CCCCCCCCCCCC)OC(=O)CCCCCCCCCCCCCC(C)C. The van der Waals surface area contributed by atoms with E-state index in [2.05, 4.69) is 34.6 Å². The Labute approximate surface area is 619 Å². The van der Waals surface area contributed by atoms with E-state index in [4.69, 9.17) is 37.0 Å². The lowest BCUT2D eigenvalue weighted by Gasteiger charge is -2.21. The highest BCUT2D eigenvalue weighted by atomic mass is 31.2. The molecule has 3 N–H and O–H groups in total. The second-order valence-electron chi connectivity index (χ2n) is 30.0. The molecule has 0 aliphatic heterocycles. The zero-order chi connectivity index (χ0) is 74.1. The predicted molar refractivity (Wildman–Crippen MR) is 414 cm³/mol. The summed E-state index contributed by atoms with van der Waals surface area (Å²) in [6.45, 7) is 7.33. The van der Waals surface area contributed by atoms with Crippen molar-refractivity contribution in [3.8, 4) is 0 Å². The summed E-state index contributed by atoms with van der Waals surface area (Å²) in [5.74, 6) is -1.34. The van der Waals surface area contributed by atoms with Crippen LogP contribution in [-0.2, 0) is 65.4 Å². The molecule has 0 aliphatic carbocycles. The van der Waals surface area contributed by atoms with Crippen LogP contribution in [-0.4, -0.2) is 96.7 Å². The Morgan fingerprint density at radius 3 is 0.673 bits per heavy atom. The minimum Gasteiger partial charge on any atom is -0.462 e. The predicted octanol–water partition coefficient (Wildman–Crippen LogP) is 24.8. The van der Waals surface area contributed by atoms with Crippen LogP contribution >= 0.6 is 15.6 Å². The van der Waals surface area contributed by atoms with Gasteiger partial charge in [-0.05, 0) is 31.6 Å². The number of ether oxygens (including phenoxy) is 4. The van der Waals surface area contributed by atoms with Crippen molar-refractivity contribution in [2.24, 2.45) is 5.92 Å². The van der Waals surface area contributed by atoms with Gasteiger partial charge in [-0.3, -0.25) is 37.3 Å². The maximum Gasteiger partial charge on any atom is 0.472 e. The van der Waals surface area contributed by atoms with E-state index in [1.165, 1.54) is 263 Å². The molecule has 0 rings (SSSR count). The quantitative estimate of drug-likeness (QED) is 0.0222. The van der Waals surface area contributed by atoms with Crippen LogP contribution in [0.25, 0.3) is 0 Å². The van der Waals surface area contributed by atoms with Crippen LogP contribution in [0.5, 0.6) is 0 Å². The number of carbonyl (C=O) groups excluding carboxylic acids is 4. The number of carbonyl (C=O) groups is 4. The molecule has 5 atom stereocenters. The van der Waals surface area contributed by atoms with Gasteiger partial charge < -0.3 is 33.8 Å². The van der Waals surface area contributed by atoms with Gasteiger partial charge in [-0.2, -0.15) is 0 Å². The van der Waals surface area contributed by atoms with Crippen molar-refractivity contribution in [2.45, 2.75) is 457 Å². The third-order valence-electron chi connectivity index (χ3n) is 19.3. The lowest BCUT2D eigenvalue weighted by atomic mass is 10.0. The molecule has 0 bridgehead atoms. The monoisotopic (exact) mass is 1480 g/mol. The summed E-state index contributed by atoms with van der Waals surface area (Å²) in [6, 6.07) is 0. The molecular formula is C82H160O17P2. The van der Waals surface area contributed by atoms with Gasteiger partial charge in [-0.25, -0.2) is 9.13 Å². The van der Waals surface area contributed by atoms with Gasteiger partial charge in [0, 0.05) is 25.7 Å². The lowest BCUT2D eigenvalue weighted by molar-refractivity contribution is -0.161. The lowest BCUT2D eigenvalue weighted by Crippen LogP contribution is -2.30. The second-order valence-corrected chi connectivity index (χ2v) is 32.9. The van der Waals surface area contributed by atoms with Crippen LogP contribution in [0.3, 0.4) is 0 Å². The maximum atomic E-state index is 13.1. The summed E-state index contributed by atoms with van der Waals surface area (Å²) < 4.78 is 68.7. The number of hydrogen-bond acceptors (Lipinski definition) is 15. The van der Waals surface area contributed by atoms with Gasteiger partial charge >= 0.3 is 39.5 Å². The van der Waals surface area contributed by atoms with Crippen molar-refractivity contribution in [1.82, 2.24) is 0 Å². The average Bonchev–Trinajstić information content (AvgIpc) is 0.953. The molecule has 0 aromatic carbocycles. The summed E-state index contributed by atoms with van der Waals surface area (Å²) >= 11 is 0. The molecule has 2 unspecified atom stereocenters. The van der Waals surface area contributed by atoms with E-state index in [1.807, 2.05) is 0 Å². The van der Waals surface area contributed by atoms with Gasteiger partial charge in [0.1, 0.15) is 19.3 Å². The first-order chi connectivity index (χ1) is 49.0. The second kappa shape index (κ2) is 74.9. The number of aliphatic hydroxyl groups is 1. The summed E-state index contributed by atoms with van der Waals surface area (Å²) in [5.41, 5.74) is 0. The Bertz CT molecular complexity index is 1930. The van der Waals surface area contributed by atoms with Crippen molar-refractivity contribution in [3.63, 3.8) is 0 Å². The summed E-state index contributed by atoms with van der Waals surface area (Å²) in [5, 5.41) is 10.6. The largest absolute Gasteiger partial charge is 0.472 e. The number of rotatable bonds is 82. The van der Waals surface area contributed by atoms with Gasteiger partial charge in [0.05, 0.1) is 26.4 Å². The van der Waals surface area contributed by atoms with Crippen molar-refractivity contribution in [1.29, 1.82) is 0 Å². The minimum absolute atomic E-state index is 0.107. The Kier molecular flexibility index (Phi) is 73.5. The molecule has 0 amide bonds. The summed E-state index contributed by atoms with van der Waals surface area (Å²) in [4.78, 5) is 73.0. The fraction of sp³-hybridized carbons (Fsp3) is 0.951. The molecule has 0 saturated carbocycles. The first kappa shape index (κ1) is 99.1. The van der Waals surface area contributed by atoms with E-state index < -0.39 is 97.5 Å². The molecule has 0 radical (unpaired) electrons. The van der Waals surface area contributed by atoms with E-state index in [-0.39, 0.29) is 25.7 Å². The van der Waals surface area contributed by atoms with Gasteiger partial charge in [0.2, 0.25) is 0 Å². The normalized spacial score (nSPS) is 13.8. The van der Waals surface area contributed by atoms with Crippen LogP contribution in [0.1, 0.15) is 439 Å². The third-order valence-corrected chi connectivity index (χ3v) is 21.2. The van der Waals surface area contributed by atoms with Gasteiger partial charge in [-0.1, -0.05) is 388 Å². The van der Waals surface area contributed by atoms with E-state index >= 15 is 0 Å². The standard InChI is InChI=1S/C82H160O17P2/c1-6-9-12-15-18-21-24-26-28-30-31-32-33-34-36-38-42-47-52-57-62-67-81(86)98-78(72-93-80(85)66-61-56-51-46-41-37-35-29-27-25-22-19-16-13-10-7-2)74-97-101(90,91)95-70-76(83)69-94-100(88,89)96-73-77(71-92-79(84)65-60-55-50-45-23-20-17-14-11-8-3)99-82(87)68-63-58-53-48-43-39-40-44-49-54-59-64-75(4)5/h75-78,83H,6-74H2,1-5H3,(H,88,89)(H,90,91)/t76-,77+,78+/m0/s1. The number of phosphoric ester groups is 2. The Hall–Kier alpha value is -1.94. The van der Waals surface area contributed by atoms with Crippen molar-refractivity contribution in [3.05, 3.63) is 0 Å². The molecule has 0 saturated heterocycles. The highest BCUT2D eigenvalue weighted by Gasteiger charge is 2.30. The Morgan fingerprint density at radius 2 is 0.455 bits per heavy atom. The minimum atomic E-state index is -4.96. The highest BCUT2D eigenvalue weighted by molar-refractivity contribution is 7.47. The summed E-state index contributed by atoms with van der Waals surface area (Å²) in [6.07, 6.45) is 66.6. The van der Waals surface area contributed by atoms with E-state index in [0.29, 0.717) is 25.7 Å². The van der Waals surface area contributed by atoms with Crippen LogP contribution < -0.4 is 0 Å². The molecule has 101 heavy (non-hydrogen) atoms. The van der Waals surface area contributed by atoms with E-state index in [0.717, 1.165) is 95.8 Å². The van der Waals surface area contributed by atoms with Crippen molar-refractivity contribution in [2.75, 3.05) is 39.6 Å². The zero-order valence-electron chi connectivity index (χ0n) is 66.1. The fourth-order valence-electron chi connectivity index (χ4n) is 12.8. The molecule has 0 aliphatic rings. The molecule has 0 aromatic rings. The third kappa shape index (κ3) is 76.1. The first-order valence-corrected chi connectivity index (χ1v) is 45.6. The van der Waals surface area contributed by atoms with Crippen LogP contribution in [0.15, 0.2) is 0 Å². The van der Waals surface area contributed by atoms with Crippen LogP contribution in [0.2, 0.25) is 0 Å². The van der Waals surface area contributed by atoms with E-state index in [9.17, 15) is 43.2 Å². The first-order valence-electron chi connectivity index (χ1n) is 42.6. The highest BCUT2D eigenvalue weighted by Crippen LogP contribution is 2.45. The molecule has 0 aromatic heterocycles. The molecule has 0 spiro atoms. The topological polar surface area (TPSA) is 237 Å². The molecule has 0 heterocycles. The Morgan fingerprint density at radius 1 is 0.267 bits per heavy atom. The molecule has 17 nitrogen and oxygen atoms in total. The number of phosphoric acid groups is 2. The number of hydrogen-bond donors (Lipinski definition) is 3. The molecular weight excluding hydrogens is 1320 g/mol. The van der Waals surface area contributed by atoms with Crippen molar-refractivity contribution >= 4 is 39.5 Å². The number of aliphatic hydroxyl groups excluding tert-OH is 1. The molecule has 600 valence electrons. The van der Waals surface area contributed by atoms with Crippen LogP contribution in [0.4, 0.5) is 0 Å². The number of esters is 4. The Balaban J connectivity index is 5.22.